The van der Waals surface area contributed by atoms with E-state index in [1.54, 1.807) is 49.4 Å². The van der Waals surface area contributed by atoms with E-state index in [0.29, 0.717) is 22.7 Å². The molecule has 1 fully saturated rings. The summed E-state index contributed by atoms with van der Waals surface area (Å²) < 4.78 is 28.0. The molecular weight excluding hydrogens is 360 g/mol. The molecule has 1 atom stereocenters. The van der Waals surface area contributed by atoms with E-state index in [4.69, 9.17) is 0 Å². The third kappa shape index (κ3) is 4.33. The Bertz CT molecular complexity index is 936. The standard InChI is InChI=1S/C21H26N2O3S/c1-15-9-11-18(12-10-15)27(25,26)22-20-8-4-7-19(17(20)3)21(24)23-13-5-6-16(2)14-23/h4,7-12,16,22H,5-6,13-14H2,1-3H3/t16-/m0/s1. The molecule has 27 heavy (non-hydrogen) atoms. The first-order valence-electron chi connectivity index (χ1n) is 9.26. The van der Waals surface area contributed by atoms with Gasteiger partial charge in [-0.25, -0.2) is 8.42 Å². The number of nitrogens with one attached hydrogen (secondary N) is 1. The normalized spacial score (nSPS) is 17.6. The number of piperidine rings is 1. The molecule has 0 aromatic heterocycles. The summed E-state index contributed by atoms with van der Waals surface area (Å²) in [6.45, 7) is 7.34. The quantitative estimate of drug-likeness (QED) is 0.864. The van der Waals surface area contributed by atoms with Crippen molar-refractivity contribution in [2.45, 2.75) is 38.5 Å². The Hall–Kier alpha value is -2.34. The maximum atomic E-state index is 12.9. The lowest BCUT2D eigenvalue weighted by Gasteiger charge is -2.31. The van der Waals surface area contributed by atoms with Crippen molar-refractivity contribution in [3.05, 3.63) is 59.2 Å². The maximum Gasteiger partial charge on any atom is 0.261 e. The van der Waals surface area contributed by atoms with Gasteiger partial charge in [0.05, 0.1) is 10.6 Å². The molecule has 0 spiro atoms. The number of nitrogens with zero attached hydrogens (tertiary/aromatic N) is 1. The van der Waals surface area contributed by atoms with Crippen molar-refractivity contribution in [3.63, 3.8) is 0 Å². The van der Waals surface area contributed by atoms with E-state index in [-0.39, 0.29) is 10.8 Å². The maximum absolute atomic E-state index is 12.9. The van der Waals surface area contributed by atoms with Crippen LogP contribution in [0, 0.1) is 19.8 Å². The fourth-order valence-electron chi connectivity index (χ4n) is 3.44. The van der Waals surface area contributed by atoms with Crippen LogP contribution in [0.3, 0.4) is 0 Å². The van der Waals surface area contributed by atoms with Gasteiger partial charge in [-0.3, -0.25) is 9.52 Å². The highest BCUT2D eigenvalue weighted by molar-refractivity contribution is 7.92. The lowest BCUT2D eigenvalue weighted by atomic mass is 9.98. The Morgan fingerprint density at radius 3 is 2.48 bits per heavy atom. The minimum Gasteiger partial charge on any atom is -0.338 e. The molecule has 0 radical (unpaired) electrons. The van der Waals surface area contributed by atoms with Crippen LogP contribution >= 0.6 is 0 Å². The van der Waals surface area contributed by atoms with Crippen molar-refractivity contribution in [2.24, 2.45) is 5.92 Å². The monoisotopic (exact) mass is 386 g/mol. The van der Waals surface area contributed by atoms with Crippen LogP contribution < -0.4 is 4.72 Å². The van der Waals surface area contributed by atoms with Gasteiger partial charge in [0, 0.05) is 18.7 Å². The van der Waals surface area contributed by atoms with Crippen molar-refractivity contribution in [1.82, 2.24) is 4.90 Å². The number of benzene rings is 2. The third-order valence-corrected chi connectivity index (χ3v) is 6.47. The Labute approximate surface area is 161 Å². The Morgan fingerprint density at radius 2 is 1.81 bits per heavy atom. The zero-order valence-electron chi connectivity index (χ0n) is 16.0. The van der Waals surface area contributed by atoms with Crippen molar-refractivity contribution >= 4 is 21.6 Å². The van der Waals surface area contributed by atoms with Gasteiger partial charge in [0.2, 0.25) is 0 Å². The number of hydrogen-bond donors (Lipinski definition) is 1. The summed E-state index contributed by atoms with van der Waals surface area (Å²) in [6.07, 6.45) is 2.14. The van der Waals surface area contributed by atoms with Crippen LogP contribution in [0.5, 0.6) is 0 Å². The average molecular weight is 387 g/mol. The molecule has 6 heteroatoms. The van der Waals surface area contributed by atoms with E-state index in [0.717, 1.165) is 31.5 Å². The van der Waals surface area contributed by atoms with E-state index in [9.17, 15) is 13.2 Å². The second-order valence-electron chi connectivity index (χ2n) is 7.40. The van der Waals surface area contributed by atoms with Gasteiger partial charge < -0.3 is 4.90 Å². The molecule has 3 rings (SSSR count). The predicted octanol–water partition coefficient (Wildman–Crippen LogP) is 3.98. The van der Waals surface area contributed by atoms with Crippen molar-refractivity contribution in [3.8, 4) is 0 Å². The molecule has 0 unspecified atom stereocenters. The zero-order chi connectivity index (χ0) is 19.6. The number of anilines is 1. The van der Waals surface area contributed by atoms with E-state index in [1.165, 1.54) is 0 Å². The number of amides is 1. The number of rotatable bonds is 4. The van der Waals surface area contributed by atoms with Crippen LogP contribution in [0.25, 0.3) is 0 Å². The van der Waals surface area contributed by atoms with Crippen LogP contribution in [0.1, 0.15) is 41.3 Å². The van der Waals surface area contributed by atoms with E-state index < -0.39 is 10.0 Å². The largest absolute Gasteiger partial charge is 0.338 e. The Balaban J connectivity index is 1.86. The topological polar surface area (TPSA) is 66.5 Å². The molecule has 144 valence electrons. The van der Waals surface area contributed by atoms with E-state index >= 15 is 0 Å². The van der Waals surface area contributed by atoms with Crippen LogP contribution in [0.4, 0.5) is 5.69 Å². The van der Waals surface area contributed by atoms with Gasteiger partial charge in [-0.2, -0.15) is 0 Å². The van der Waals surface area contributed by atoms with Crippen molar-refractivity contribution in [1.29, 1.82) is 0 Å². The van der Waals surface area contributed by atoms with Crippen LogP contribution in [-0.2, 0) is 10.0 Å². The van der Waals surface area contributed by atoms with Gasteiger partial charge in [-0.05, 0) is 62.4 Å². The molecule has 1 amide bonds. The average Bonchev–Trinajstić information content (AvgIpc) is 2.63. The number of carbonyl (C=O) groups excluding carboxylic acids is 1. The van der Waals surface area contributed by atoms with Crippen LogP contribution in [0.15, 0.2) is 47.4 Å². The summed E-state index contributed by atoms with van der Waals surface area (Å²) in [7, 11) is -3.70. The van der Waals surface area contributed by atoms with Crippen molar-refractivity contribution in [2.75, 3.05) is 17.8 Å². The summed E-state index contributed by atoms with van der Waals surface area (Å²) in [4.78, 5) is 15.0. The fourth-order valence-corrected chi connectivity index (χ4v) is 4.57. The van der Waals surface area contributed by atoms with Crippen LogP contribution in [-0.4, -0.2) is 32.3 Å². The number of likely N-dealkylation sites (tertiary alicyclic amines) is 1. The molecule has 2 aromatic carbocycles. The molecular formula is C21H26N2O3S. The predicted molar refractivity (Wildman–Crippen MR) is 107 cm³/mol. The minimum absolute atomic E-state index is 0.0320. The molecule has 5 nitrogen and oxygen atoms in total. The summed E-state index contributed by atoms with van der Waals surface area (Å²) in [5.41, 5.74) is 2.63. The summed E-state index contributed by atoms with van der Waals surface area (Å²) in [5, 5.41) is 0. The van der Waals surface area contributed by atoms with Gasteiger partial charge in [0.1, 0.15) is 0 Å². The number of carbonyl (C=O) groups is 1. The summed E-state index contributed by atoms with van der Waals surface area (Å²) >= 11 is 0. The molecule has 2 aromatic rings. The highest BCUT2D eigenvalue weighted by atomic mass is 32.2. The van der Waals surface area contributed by atoms with Gasteiger partial charge in [-0.1, -0.05) is 30.7 Å². The zero-order valence-corrected chi connectivity index (χ0v) is 16.8. The van der Waals surface area contributed by atoms with Gasteiger partial charge in [0.15, 0.2) is 0 Å². The van der Waals surface area contributed by atoms with Gasteiger partial charge >= 0.3 is 0 Å². The smallest absolute Gasteiger partial charge is 0.261 e. The summed E-state index contributed by atoms with van der Waals surface area (Å²) in [6, 6.07) is 11.9. The first-order valence-corrected chi connectivity index (χ1v) is 10.7. The molecule has 1 saturated heterocycles. The molecule has 1 heterocycles. The lowest BCUT2D eigenvalue weighted by Crippen LogP contribution is -2.39. The SMILES string of the molecule is Cc1ccc(S(=O)(=O)Nc2cccc(C(=O)N3CCC[C@H](C)C3)c2C)cc1. The number of aryl methyl sites for hydroxylation is 1. The fraction of sp³-hybridized carbons (Fsp3) is 0.381. The second kappa shape index (κ2) is 7.72. The van der Waals surface area contributed by atoms with Crippen molar-refractivity contribution < 1.29 is 13.2 Å². The van der Waals surface area contributed by atoms with Gasteiger partial charge in [-0.15, -0.1) is 0 Å². The minimum atomic E-state index is -3.70. The van der Waals surface area contributed by atoms with E-state index in [2.05, 4.69) is 11.6 Å². The van der Waals surface area contributed by atoms with E-state index in [1.807, 2.05) is 11.8 Å². The second-order valence-corrected chi connectivity index (χ2v) is 9.08. The molecule has 1 aliphatic rings. The highest BCUT2D eigenvalue weighted by Crippen LogP contribution is 2.25. The first-order chi connectivity index (χ1) is 12.8. The van der Waals surface area contributed by atoms with Crippen LogP contribution in [0.2, 0.25) is 0 Å². The van der Waals surface area contributed by atoms with Gasteiger partial charge in [0.25, 0.3) is 15.9 Å². The molecule has 0 aliphatic carbocycles. The molecule has 0 saturated carbocycles. The lowest BCUT2D eigenvalue weighted by molar-refractivity contribution is 0.0682. The molecule has 1 N–H and O–H groups in total. The Kier molecular flexibility index (Phi) is 5.56. The number of hydrogen-bond acceptors (Lipinski definition) is 3. The molecule has 1 aliphatic heterocycles. The highest BCUT2D eigenvalue weighted by Gasteiger charge is 2.24. The molecule has 0 bridgehead atoms. The summed E-state index contributed by atoms with van der Waals surface area (Å²) in [5.74, 6) is 0.460. The third-order valence-electron chi connectivity index (χ3n) is 5.08. The first kappa shape index (κ1) is 19.4. The number of sulfonamides is 1. The Morgan fingerprint density at radius 1 is 1.11 bits per heavy atom.